The van der Waals surface area contributed by atoms with Crippen molar-refractivity contribution < 1.29 is 4.79 Å². The van der Waals surface area contributed by atoms with Crippen LogP contribution >= 0.6 is 22.9 Å². The Morgan fingerprint density at radius 2 is 1.93 bits per heavy atom. The zero-order chi connectivity index (χ0) is 18.6. The SMILES string of the molecule is O=C(C1CCCCC1)N1CCC(c2cccc(Nc3ncc(Cl)s3)n2)CC1. The molecular formula is C20H25ClN4OS. The smallest absolute Gasteiger partial charge is 0.225 e. The first kappa shape index (κ1) is 18.7. The van der Waals surface area contributed by atoms with E-state index in [0.29, 0.717) is 16.2 Å². The Balaban J connectivity index is 1.35. The van der Waals surface area contributed by atoms with Crippen molar-refractivity contribution in [3.63, 3.8) is 0 Å². The van der Waals surface area contributed by atoms with E-state index in [-0.39, 0.29) is 5.92 Å². The Morgan fingerprint density at radius 1 is 1.15 bits per heavy atom. The number of carbonyl (C=O) groups excluding carboxylic acids is 1. The number of carbonyl (C=O) groups is 1. The second-order valence-corrected chi connectivity index (χ2v) is 9.14. The fraction of sp³-hybridized carbons (Fsp3) is 0.550. The van der Waals surface area contributed by atoms with Crippen LogP contribution in [0.4, 0.5) is 10.9 Å². The number of nitrogens with one attached hydrogen (secondary N) is 1. The van der Waals surface area contributed by atoms with Crippen LogP contribution in [0, 0.1) is 5.92 Å². The normalized spacial score (nSPS) is 19.2. The summed E-state index contributed by atoms with van der Waals surface area (Å²) in [5.41, 5.74) is 1.09. The van der Waals surface area contributed by atoms with Gasteiger partial charge < -0.3 is 10.2 Å². The summed E-state index contributed by atoms with van der Waals surface area (Å²) >= 11 is 7.34. The first-order valence-corrected chi connectivity index (χ1v) is 11.0. The number of halogens is 1. The van der Waals surface area contributed by atoms with Gasteiger partial charge in [-0.15, -0.1) is 0 Å². The maximum absolute atomic E-state index is 12.7. The average Bonchev–Trinajstić information content (AvgIpc) is 3.13. The fourth-order valence-electron chi connectivity index (χ4n) is 4.17. The van der Waals surface area contributed by atoms with Gasteiger partial charge in [0.25, 0.3) is 0 Å². The van der Waals surface area contributed by atoms with E-state index < -0.39 is 0 Å². The molecular weight excluding hydrogens is 380 g/mol. The highest BCUT2D eigenvalue weighted by molar-refractivity contribution is 7.19. The second kappa shape index (κ2) is 8.57. The molecule has 0 unspecified atom stereocenters. The molecule has 27 heavy (non-hydrogen) atoms. The molecule has 2 fully saturated rings. The van der Waals surface area contributed by atoms with Crippen molar-refractivity contribution >= 4 is 39.8 Å². The molecule has 0 bridgehead atoms. The average molecular weight is 405 g/mol. The summed E-state index contributed by atoms with van der Waals surface area (Å²) in [5, 5.41) is 3.97. The second-order valence-electron chi connectivity index (χ2n) is 7.48. The van der Waals surface area contributed by atoms with Crippen LogP contribution in [0.2, 0.25) is 4.34 Å². The lowest BCUT2D eigenvalue weighted by Crippen LogP contribution is -2.42. The summed E-state index contributed by atoms with van der Waals surface area (Å²) in [6, 6.07) is 6.06. The molecule has 2 aromatic heterocycles. The first-order valence-electron chi connectivity index (χ1n) is 9.83. The van der Waals surface area contributed by atoms with E-state index >= 15 is 0 Å². The third kappa shape index (κ3) is 4.61. The number of aromatic nitrogens is 2. The number of piperidine rings is 1. The van der Waals surface area contributed by atoms with Crippen molar-refractivity contribution in [1.29, 1.82) is 0 Å². The summed E-state index contributed by atoms with van der Waals surface area (Å²) in [6.07, 6.45) is 9.47. The standard InChI is InChI=1S/C20H25ClN4OS/c21-17-13-22-20(27-17)24-18-8-4-7-16(23-18)14-9-11-25(12-10-14)19(26)15-5-2-1-3-6-15/h4,7-8,13-15H,1-3,5-6,9-12H2,(H,22,23,24). The molecule has 1 aliphatic carbocycles. The molecule has 1 aliphatic heterocycles. The van der Waals surface area contributed by atoms with Gasteiger partial charge in [0.2, 0.25) is 5.91 Å². The van der Waals surface area contributed by atoms with E-state index in [9.17, 15) is 4.79 Å². The van der Waals surface area contributed by atoms with Crippen molar-refractivity contribution in [3.05, 3.63) is 34.4 Å². The van der Waals surface area contributed by atoms with Gasteiger partial charge in [0.15, 0.2) is 5.13 Å². The van der Waals surface area contributed by atoms with Gasteiger partial charge in [0, 0.05) is 30.6 Å². The quantitative estimate of drug-likeness (QED) is 0.758. The number of hydrogen-bond acceptors (Lipinski definition) is 5. The molecule has 0 spiro atoms. The molecule has 1 amide bonds. The molecule has 0 aromatic carbocycles. The number of amides is 1. The molecule has 1 saturated carbocycles. The maximum atomic E-state index is 12.7. The minimum atomic E-state index is 0.270. The number of nitrogens with zero attached hydrogens (tertiary/aromatic N) is 3. The minimum absolute atomic E-state index is 0.270. The molecule has 4 rings (SSSR count). The number of rotatable bonds is 4. The van der Waals surface area contributed by atoms with Crippen LogP contribution in [0.5, 0.6) is 0 Å². The van der Waals surface area contributed by atoms with E-state index in [1.165, 1.54) is 30.6 Å². The predicted molar refractivity (Wildman–Crippen MR) is 110 cm³/mol. The lowest BCUT2D eigenvalue weighted by molar-refractivity contribution is -0.137. The molecule has 1 N–H and O–H groups in total. The van der Waals surface area contributed by atoms with Crippen molar-refractivity contribution in [2.75, 3.05) is 18.4 Å². The minimum Gasteiger partial charge on any atom is -0.342 e. The zero-order valence-electron chi connectivity index (χ0n) is 15.4. The first-order chi connectivity index (χ1) is 13.2. The molecule has 2 aromatic rings. The monoisotopic (exact) mass is 404 g/mol. The van der Waals surface area contributed by atoms with Crippen LogP contribution in [0.15, 0.2) is 24.4 Å². The van der Waals surface area contributed by atoms with Gasteiger partial charge >= 0.3 is 0 Å². The number of thiazole rings is 1. The van der Waals surface area contributed by atoms with E-state index in [1.54, 1.807) is 6.20 Å². The number of hydrogen-bond donors (Lipinski definition) is 1. The highest BCUT2D eigenvalue weighted by atomic mass is 35.5. The van der Waals surface area contributed by atoms with Crippen LogP contribution < -0.4 is 5.32 Å². The van der Waals surface area contributed by atoms with Gasteiger partial charge in [-0.2, -0.15) is 0 Å². The lowest BCUT2D eigenvalue weighted by atomic mass is 9.86. The molecule has 2 aliphatic rings. The van der Waals surface area contributed by atoms with Crippen molar-refractivity contribution in [1.82, 2.24) is 14.9 Å². The maximum Gasteiger partial charge on any atom is 0.225 e. The van der Waals surface area contributed by atoms with E-state index in [1.807, 2.05) is 12.1 Å². The van der Waals surface area contributed by atoms with Gasteiger partial charge in [-0.25, -0.2) is 9.97 Å². The lowest BCUT2D eigenvalue weighted by Gasteiger charge is -2.35. The van der Waals surface area contributed by atoms with Crippen LogP contribution in [-0.2, 0) is 4.79 Å². The van der Waals surface area contributed by atoms with E-state index in [4.69, 9.17) is 16.6 Å². The van der Waals surface area contributed by atoms with Crippen molar-refractivity contribution in [3.8, 4) is 0 Å². The molecule has 1 saturated heterocycles. The molecule has 5 nitrogen and oxygen atoms in total. The van der Waals surface area contributed by atoms with Crippen LogP contribution in [0.1, 0.15) is 56.6 Å². The summed E-state index contributed by atoms with van der Waals surface area (Å²) < 4.78 is 0.656. The summed E-state index contributed by atoms with van der Waals surface area (Å²) in [6.45, 7) is 1.70. The fourth-order valence-corrected chi connectivity index (χ4v) is 4.99. The van der Waals surface area contributed by atoms with Crippen LogP contribution in [0.25, 0.3) is 0 Å². The van der Waals surface area contributed by atoms with Crippen molar-refractivity contribution in [2.45, 2.75) is 50.9 Å². The number of anilines is 2. The number of pyridine rings is 1. The summed E-state index contributed by atoms with van der Waals surface area (Å²) in [7, 11) is 0. The Morgan fingerprint density at radius 3 is 2.63 bits per heavy atom. The predicted octanol–water partition coefficient (Wildman–Crippen LogP) is 5.22. The van der Waals surface area contributed by atoms with Gasteiger partial charge in [-0.1, -0.05) is 48.3 Å². The van der Waals surface area contributed by atoms with Gasteiger partial charge in [0.1, 0.15) is 10.2 Å². The Kier molecular flexibility index (Phi) is 5.93. The van der Waals surface area contributed by atoms with E-state index in [2.05, 4.69) is 21.3 Å². The highest BCUT2D eigenvalue weighted by Gasteiger charge is 2.29. The topological polar surface area (TPSA) is 58.1 Å². The van der Waals surface area contributed by atoms with Crippen LogP contribution in [0.3, 0.4) is 0 Å². The summed E-state index contributed by atoms with van der Waals surface area (Å²) in [5.74, 6) is 1.85. The molecule has 144 valence electrons. The molecule has 0 atom stereocenters. The third-order valence-corrected chi connectivity index (χ3v) is 6.69. The number of likely N-dealkylation sites (tertiary alicyclic amines) is 1. The van der Waals surface area contributed by atoms with Gasteiger partial charge in [-0.3, -0.25) is 4.79 Å². The molecule has 3 heterocycles. The summed E-state index contributed by atoms with van der Waals surface area (Å²) in [4.78, 5) is 23.8. The molecule has 7 heteroatoms. The largest absolute Gasteiger partial charge is 0.342 e. The van der Waals surface area contributed by atoms with Crippen LogP contribution in [-0.4, -0.2) is 33.9 Å². The Bertz CT molecular complexity index is 782. The highest BCUT2D eigenvalue weighted by Crippen LogP contribution is 2.31. The van der Waals surface area contributed by atoms with Crippen molar-refractivity contribution in [2.24, 2.45) is 5.92 Å². The third-order valence-electron chi connectivity index (χ3n) is 5.66. The Labute approximate surface area is 169 Å². The Hall–Kier alpha value is -1.66. The molecule has 0 radical (unpaired) electrons. The van der Waals surface area contributed by atoms with E-state index in [0.717, 1.165) is 55.4 Å². The van der Waals surface area contributed by atoms with Gasteiger partial charge in [0.05, 0.1) is 6.20 Å². The van der Waals surface area contributed by atoms with Gasteiger partial charge in [-0.05, 0) is 37.8 Å². The zero-order valence-corrected chi connectivity index (χ0v) is 16.9.